The summed E-state index contributed by atoms with van der Waals surface area (Å²) in [5.74, 6) is 3.07. The second-order valence-corrected chi connectivity index (χ2v) is 8.68. The van der Waals surface area contributed by atoms with E-state index in [9.17, 15) is 0 Å². The van der Waals surface area contributed by atoms with E-state index in [1.165, 1.54) is 96.3 Å². The quantitative estimate of drug-likeness (QED) is 0.393. The Bertz CT molecular complexity index is 346. The molecule has 0 aromatic heterocycles. The van der Waals surface area contributed by atoms with Gasteiger partial charge in [0.2, 0.25) is 0 Å². The van der Waals surface area contributed by atoms with Crippen molar-refractivity contribution >= 4 is 0 Å². The summed E-state index contributed by atoms with van der Waals surface area (Å²) in [6.45, 7) is 3.17. The maximum absolute atomic E-state index is 5.61. The first-order valence-electron chi connectivity index (χ1n) is 11.2. The number of hydrogen-bond acceptors (Lipinski definition) is 1. The fourth-order valence-electron chi connectivity index (χ4n) is 5.16. The Kier molecular flexibility index (Phi) is 10.1. The Morgan fingerprint density at radius 1 is 0.875 bits per heavy atom. The Morgan fingerprint density at radius 2 is 1.62 bits per heavy atom. The molecule has 2 saturated carbocycles. The lowest BCUT2D eigenvalue weighted by Gasteiger charge is -2.27. The van der Waals surface area contributed by atoms with Gasteiger partial charge in [0.05, 0.1) is 0 Å². The molecule has 2 bridgehead atoms. The van der Waals surface area contributed by atoms with E-state index in [4.69, 9.17) is 5.73 Å². The summed E-state index contributed by atoms with van der Waals surface area (Å²) in [7, 11) is 0. The average molecular weight is 334 g/mol. The molecule has 2 fully saturated rings. The molecule has 0 aliphatic heterocycles. The molecule has 0 amide bonds. The van der Waals surface area contributed by atoms with E-state index in [1.54, 1.807) is 12.0 Å². The van der Waals surface area contributed by atoms with Crippen molar-refractivity contribution in [2.45, 2.75) is 110 Å². The lowest BCUT2D eigenvalue weighted by atomic mass is 9.79. The van der Waals surface area contributed by atoms with Gasteiger partial charge in [0.25, 0.3) is 0 Å². The van der Waals surface area contributed by atoms with E-state index >= 15 is 0 Å². The van der Waals surface area contributed by atoms with Crippen molar-refractivity contribution in [2.75, 3.05) is 6.54 Å². The van der Waals surface area contributed by atoms with Crippen LogP contribution in [0.4, 0.5) is 0 Å². The van der Waals surface area contributed by atoms with Crippen molar-refractivity contribution in [2.24, 2.45) is 23.5 Å². The van der Waals surface area contributed by atoms with E-state index < -0.39 is 0 Å². The van der Waals surface area contributed by atoms with E-state index in [0.29, 0.717) is 0 Å². The van der Waals surface area contributed by atoms with Crippen molar-refractivity contribution < 1.29 is 0 Å². The number of nitrogens with two attached hydrogens (primary N) is 1. The van der Waals surface area contributed by atoms with Gasteiger partial charge in [0.1, 0.15) is 0 Å². The molecule has 0 saturated heterocycles. The molecule has 1 heteroatoms. The molecule has 2 rings (SSSR count). The van der Waals surface area contributed by atoms with Crippen LogP contribution in [0.25, 0.3) is 0 Å². The highest BCUT2D eigenvalue weighted by molar-refractivity contribution is 5.03. The lowest BCUT2D eigenvalue weighted by Crippen LogP contribution is -2.13. The molecule has 0 aromatic rings. The van der Waals surface area contributed by atoms with E-state index in [1.807, 2.05) is 0 Å². The summed E-state index contributed by atoms with van der Waals surface area (Å²) in [4.78, 5) is 0. The molecule has 3 unspecified atom stereocenters. The van der Waals surface area contributed by atoms with Crippen LogP contribution in [0.2, 0.25) is 0 Å². The smallest absolute Gasteiger partial charge is 0.00773 e. The molecule has 0 heterocycles. The molecule has 2 N–H and O–H groups in total. The first kappa shape index (κ1) is 20.0. The maximum atomic E-state index is 5.61. The Morgan fingerprint density at radius 3 is 2.38 bits per heavy atom. The monoisotopic (exact) mass is 333 g/mol. The minimum Gasteiger partial charge on any atom is -0.330 e. The fourth-order valence-corrected chi connectivity index (χ4v) is 5.16. The van der Waals surface area contributed by atoms with Crippen LogP contribution in [-0.2, 0) is 0 Å². The first-order valence-corrected chi connectivity index (χ1v) is 11.2. The van der Waals surface area contributed by atoms with Crippen LogP contribution in [0.3, 0.4) is 0 Å². The SMILES string of the molecule is CC/C=C1/CCC2CCCC(CCCCCCN)CCC(CC1)C2. The molecule has 2 aliphatic carbocycles. The highest BCUT2D eigenvalue weighted by Gasteiger charge is 2.23. The van der Waals surface area contributed by atoms with Gasteiger partial charge in [-0.05, 0) is 69.2 Å². The Hall–Kier alpha value is -0.300. The van der Waals surface area contributed by atoms with Crippen LogP contribution in [0.15, 0.2) is 11.6 Å². The van der Waals surface area contributed by atoms with Crippen molar-refractivity contribution in [3.63, 3.8) is 0 Å². The summed E-state index contributed by atoms with van der Waals surface area (Å²) >= 11 is 0. The van der Waals surface area contributed by atoms with Gasteiger partial charge in [0.15, 0.2) is 0 Å². The van der Waals surface area contributed by atoms with E-state index in [2.05, 4.69) is 13.0 Å². The molecule has 0 radical (unpaired) electrons. The summed E-state index contributed by atoms with van der Waals surface area (Å²) < 4.78 is 0. The third-order valence-electron chi connectivity index (χ3n) is 6.68. The minimum absolute atomic E-state index is 0.876. The lowest BCUT2D eigenvalue weighted by molar-refractivity contribution is 0.290. The molecule has 0 aromatic carbocycles. The van der Waals surface area contributed by atoms with Crippen LogP contribution < -0.4 is 5.73 Å². The average Bonchev–Trinajstić information content (AvgIpc) is 2.67. The number of hydrogen-bond donors (Lipinski definition) is 1. The molecule has 2 aliphatic rings. The van der Waals surface area contributed by atoms with Gasteiger partial charge in [-0.3, -0.25) is 0 Å². The molecule has 1 nitrogen and oxygen atoms in total. The van der Waals surface area contributed by atoms with Crippen molar-refractivity contribution in [1.29, 1.82) is 0 Å². The number of allylic oxidation sites excluding steroid dienone is 2. The van der Waals surface area contributed by atoms with Gasteiger partial charge in [-0.15, -0.1) is 0 Å². The minimum atomic E-state index is 0.876. The van der Waals surface area contributed by atoms with Crippen LogP contribution in [0.1, 0.15) is 110 Å². The zero-order valence-electron chi connectivity index (χ0n) is 16.4. The van der Waals surface area contributed by atoms with Gasteiger partial charge in [-0.1, -0.05) is 76.4 Å². The van der Waals surface area contributed by atoms with Crippen molar-refractivity contribution in [1.82, 2.24) is 0 Å². The van der Waals surface area contributed by atoms with E-state index in [-0.39, 0.29) is 0 Å². The van der Waals surface area contributed by atoms with Crippen molar-refractivity contribution in [3.8, 4) is 0 Å². The second kappa shape index (κ2) is 12.1. The highest BCUT2D eigenvalue weighted by atomic mass is 14.5. The van der Waals surface area contributed by atoms with Gasteiger partial charge in [0, 0.05) is 0 Å². The number of fused-ring (bicyclic) bond motifs is 2. The Labute approximate surface area is 151 Å². The predicted molar refractivity (Wildman–Crippen MR) is 107 cm³/mol. The Balaban J connectivity index is 1.80. The standard InChI is InChI=1S/C23H43N/c1-2-8-20-12-15-22-11-7-10-21(9-5-3-4-6-18-24)14-17-23(19-22)16-13-20/h8,21-23H,2-7,9-19,24H2,1H3/b20-8-. The molecule has 0 spiro atoms. The van der Waals surface area contributed by atoms with E-state index in [0.717, 1.165) is 24.3 Å². The highest BCUT2D eigenvalue weighted by Crippen LogP contribution is 2.38. The van der Waals surface area contributed by atoms with Gasteiger partial charge in [-0.2, -0.15) is 0 Å². The third kappa shape index (κ3) is 7.72. The number of rotatable bonds is 7. The molecular weight excluding hydrogens is 290 g/mol. The zero-order valence-corrected chi connectivity index (χ0v) is 16.4. The van der Waals surface area contributed by atoms with Crippen LogP contribution in [-0.4, -0.2) is 6.54 Å². The van der Waals surface area contributed by atoms with Gasteiger partial charge < -0.3 is 5.73 Å². The largest absolute Gasteiger partial charge is 0.330 e. The first-order chi connectivity index (χ1) is 11.8. The summed E-state index contributed by atoms with van der Waals surface area (Å²) in [5.41, 5.74) is 7.39. The number of unbranched alkanes of at least 4 members (excludes halogenated alkanes) is 3. The molecule has 24 heavy (non-hydrogen) atoms. The summed E-state index contributed by atoms with van der Waals surface area (Å²) in [6, 6.07) is 0. The fraction of sp³-hybridized carbons (Fsp3) is 0.913. The maximum Gasteiger partial charge on any atom is -0.00773 e. The predicted octanol–water partition coefficient (Wildman–Crippen LogP) is 7.01. The summed E-state index contributed by atoms with van der Waals surface area (Å²) in [5, 5.41) is 0. The van der Waals surface area contributed by atoms with Crippen LogP contribution >= 0.6 is 0 Å². The molecule has 3 atom stereocenters. The second-order valence-electron chi connectivity index (χ2n) is 8.68. The topological polar surface area (TPSA) is 26.0 Å². The van der Waals surface area contributed by atoms with Crippen LogP contribution in [0.5, 0.6) is 0 Å². The van der Waals surface area contributed by atoms with Gasteiger partial charge in [-0.25, -0.2) is 0 Å². The van der Waals surface area contributed by atoms with Crippen LogP contribution in [0, 0.1) is 17.8 Å². The molecular formula is C23H43N. The van der Waals surface area contributed by atoms with Crippen molar-refractivity contribution in [3.05, 3.63) is 11.6 Å². The normalized spacial score (nSPS) is 30.9. The third-order valence-corrected chi connectivity index (χ3v) is 6.68. The molecule has 140 valence electrons. The summed E-state index contributed by atoms with van der Waals surface area (Å²) in [6.07, 6.45) is 25.5. The zero-order chi connectivity index (χ0) is 17.0. The van der Waals surface area contributed by atoms with Gasteiger partial charge >= 0.3 is 0 Å².